The Morgan fingerprint density at radius 1 is 0.568 bits per heavy atom. The van der Waals surface area contributed by atoms with Crippen molar-refractivity contribution in [2.24, 2.45) is 0 Å². The van der Waals surface area contributed by atoms with Gasteiger partial charge in [0.05, 0.1) is 13.2 Å². The first-order valence-corrected chi connectivity index (χ1v) is 17.7. The predicted octanol–water partition coefficient (Wildman–Crippen LogP) is 8.37. The fourth-order valence-corrected chi connectivity index (χ4v) is 5.53. The van der Waals surface area contributed by atoms with Crippen molar-refractivity contribution in [3.8, 4) is 0 Å². The van der Waals surface area contributed by atoms with Crippen LogP contribution >= 0.6 is 0 Å². The number of carbonyl (C=O) groups excluding carboxylic acids is 3. The van der Waals surface area contributed by atoms with Crippen LogP contribution in [0.15, 0.2) is 0 Å². The lowest BCUT2D eigenvalue weighted by Crippen LogP contribution is -2.41. The van der Waals surface area contributed by atoms with E-state index in [4.69, 9.17) is 9.47 Å². The third-order valence-electron chi connectivity index (χ3n) is 8.08. The Bertz CT molecular complexity index is 725. The van der Waals surface area contributed by atoms with Crippen LogP contribution < -0.4 is 0 Å². The molecule has 0 aromatic carbocycles. The van der Waals surface area contributed by atoms with Crippen LogP contribution in [-0.4, -0.2) is 86.4 Å². The molecule has 0 aliphatic rings. The van der Waals surface area contributed by atoms with E-state index in [1.54, 1.807) is 13.8 Å². The normalized spacial score (nSPS) is 13.5. The van der Waals surface area contributed by atoms with Gasteiger partial charge in [0.2, 0.25) is 5.91 Å². The van der Waals surface area contributed by atoms with Crippen LogP contribution in [0, 0.1) is 0 Å². The molecule has 0 saturated heterocycles. The summed E-state index contributed by atoms with van der Waals surface area (Å²) in [5, 5.41) is 0. The van der Waals surface area contributed by atoms with Gasteiger partial charge >= 0.3 is 11.9 Å². The molecule has 0 saturated carbocycles. The number of unbranched alkanes of at least 4 members (excludes halogenated alkanes) is 11. The minimum atomic E-state index is -1.59. The second-order valence-electron chi connectivity index (χ2n) is 12.3. The van der Waals surface area contributed by atoms with Crippen LogP contribution in [0.3, 0.4) is 0 Å². The molecule has 0 aromatic rings. The molecule has 0 aromatic heterocycles. The lowest BCUT2D eigenvalue weighted by Gasteiger charge is -2.33. The molecule has 0 aliphatic carbocycles. The van der Waals surface area contributed by atoms with E-state index >= 15 is 0 Å². The first kappa shape index (κ1) is 42.2. The van der Waals surface area contributed by atoms with E-state index in [1.165, 1.54) is 38.5 Å². The zero-order valence-electron chi connectivity index (χ0n) is 28.9. The van der Waals surface area contributed by atoms with E-state index in [0.29, 0.717) is 25.8 Å². The molecule has 0 spiro atoms. The Hall–Kier alpha value is -1.77. The molecule has 0 fully saturated rings. The van der Waals surface area contributed by atoms with E-state index in [9.17, 15) is 23.2 Å². The molecule has 1 amide bonds. The van der Waals surface area contributed by atoms with Gasteiger partial charge in [0.25, 0.3) is 0 Å². The maximum Gasteiger partial charge on any atom is 0.340 e. The van der Waals surface area contributed by atoms with Crippen molar-refractivity contribution >= 4 is 17.8 Å². The van der Waals surface area contributed by atoms with E-state index < -0.39 is 24.3 Å². The highest BCUT2D eigenvalue weighted by atomic mass is 19.1. The number of rotatable bonds is 30. The molecule has 3 atom stereocenters. The number of carbonyl (C=O) groups is 3. The molecule has 0 N–H and O–H groups in total. The van der Waals surface area contributed by atoms with Crippen LogP contribution in [0.25, 0.3) is 0 Å². The van der Waals surface area contributed by atoms with Gasteiger partial charge < -0.3 is 19.3 Å². The number of amides is 1. The van der Waals surface area contributed by atoms with Gasteiger partial charge in [-0.15, -0.1) is 0 Å². The average molecular weight is 633 g/mol. The van der Waals surface area contributed by atoms with E-state index in [-0.39, 0.29) is 38.0 Å². The molecular formula is C35H66F2N2O5. The monoisotopic (exact) mass is 632 g/mol. The Morgan fingerprint density at radius 2 is 1.00 bits per heavy atom. The van der Waals surface area contributed by atoms with Crippen LogP contribution in [0.5, 0.6) is 0 Å². The van der Waals surface area contributed by atoms with Crippen molar-refractivity contribution in [2.45, 2.75) is 168 Å². The zero-order chi connectivity index (χ0) is 33.0. The van der Waals surface area contributed by atoms with Crippen molar-refractivity contribution in [1.29, 1.82) is 0 Å². The Morgan fingerprint density at radius 3 is 1.45 bits per heavy atom. The summed E-state index contributed by atoms with van der Waals surface area (Å²) in [6.07, 6.45) is 14.3. The van der Waals surface area contributed by atoms with Crippen molar-refractivity contribution in [3.63, 3.8) is 0 Å². The molecule has 9 heteroatoms. The molecule has 7 nitrogen and oxygen atoms in total. The van der Waals surface area contributed by atoms with E-state index in [2.05, 4.69) is 16.7 Å². The Labute approximate surface area is 268 Å². The highest BCUT2D eigenvalue weighted by molar-refractivity contribution is 5.76. The highest BCUT2D eigenvalue weighted by Gasteiger charge is 2.24. The largest absolute Gasteiger partial charge is 0.464 e. The number of nitrogens with zero attached hydrogens (tertiary/aromatic N) is 2. The van der Waals surface area contributed by atoms with E-state index in [1.807, 2.05) is 14.1 Å². The number of hydrogen-bond donors (Lipinski definition) is 0. The summed E-state index contributed by atoms with van der Waals surface area (Å²) < 4.78 is 37.6. The predicted molar refractivity (Wildman–Crippen MR) is 175 cm³/mol. The smallest absolute Gasteiger partial charge is 0.340 e. The first-order valence-electron chi connectivity index (χ1n) is 17.7. The molecule has 0 aliphatic heterocycles. The van der Waals surface area contributed by atoms with Crippen molar-refractivity contribution in [2.75, 3.05) is 40.4 Å². The highest BCUT2D eigenvalue weighted by Crippen LogP contribution is 2.22. The first-order chi connectivity index (χ1) is 21.2. The molecule has 3 unspecified atom stereocenters. The summed E-state index contributed by atoms with van der Waals surface area (Å²) in [5.41, 5.74) is 0. The van der Waals surface area contributed by atoms with Gasteiger partial charge in [-0.3, -0.25) is 4.79 Å². The van der Waals surface area contributed by atoms with Crippen LogP contribution in [0.4, 0.5) is 8.78 Å². The molecule has 0 heterocycles. The minimum Gasteiger partial charge on any atom is -0.464 e. The molecule has 0 radical (unpaired) electrons. The quantitative estimate of drug-likeness (QED) is 0.0585. The summed E-state index contributed by atoms with van der Waals surface area (Å²) in [6, 6.07) is 0.152. The summed E-state index contributed by atoms with van der Waals surface area (Å²) in [5.74, 6) is -1.37. The lowest BCUT2D eigenvalue weighted by atomic mass is 9.97. The second-order valence-corrected chi connectivity index (χ2v) is 12.3. The Balaban J connectivity index is 5.15. The maximum atomic E-state index is 14.1. The third-order valence-corrected chi connectivity index (χ3v) is 8.08. The maximum absolute atomic E-state index is 14.1. The van der Waals surface area contributed by atoms with Crippen molar-refractivity contribution in [1.82, 2.24) is 9.80 Å². The minimum absolute atomic E-state index is 0.146. The van der Waals surface area contributed by atoms with Gasteiger partial charge in [-0.05, 0) is 85.9 Å². The number of halogens is 2. The molecule has 44 heavy (non-hydrogen) atoms. The van der Waals surface area contributed by atoms with Crippen molar-refractivity contribution in [3.05, 3.63) is 0 Å². The van der Waals surface area contributed by atoms with Gasteiger partial charge in [-0.2, -0.15) is 0 Å². The number of hydrogen-bond acceptors (Lipinski definition) is 6. The van der Waals surface area contributed by atoms with E-state index in [0.717, 1.165) is 64.3 Å². The van der Waals surface area contributed by atoms with Gasteiger partial charge in [-0.1, -0.05) is 77.6 Å². The van der Waals surface area contributed by atoms with Gasteiger partial charge in [-0.25, -0.2) is 18.4 Å². The third kappa shape index (κ3) is 22.7. The SMILES string of the molecule is CCCCCCCCCC(CCCCCCC(F)C(=O)OCC)N(CCCCCC(F)C(=O)OCC)C(=O)CCCN(C)C. The lowest BCUT2D eigenvalue weighted by molar-refractivity contribution is -0.150. The van der Waals surface area contributed by atoms with Crippen LogP contribution in [0.1, 0.15) is 149 Å². The van der Waals surface area contributed by atoms with Crippen molar-refractivity contribution < 1.29 is 32.6 Å². The van der Waals surface area contributed by atoms with Crippen LogP contribution in [0.2, 0.25) is 0 Å². The van der Waals surface area contributed by atoms with Crippen LogP contribution in [-0.2, 0) is 23.9 Å². The number of esters is 2. The molecule has 260 valence electrons. The summed E-state index contributed by atoms with van der Waals surface area (Å²) in [4.78, 5) is 40.9. The number of ether oxygens (including phenoxy) is 2. The summed E-state index contributed by atoms with van der Waals surface area (Å²) in [6.45, 7) is 7.43. The summed E-state index contributed by atoms with van der Waals surface area (Å²) >= 11 is 0. The zero-order valence-corrected chi connectivity index (χ0v) is 28.9. The number of alkyl halides is 2. The standard InChI is InChI=1S/C35H66F2N2O5/c1-6-9-10-11-12-13-17-23-30(24-18-14-15-19-25-31(36)34(41)43-7-2)39(33(40)27-22-28-38(4)5)29-21-16-20-26-32(37)35(42)44-8-3/h30-32H,6-29H2,1-5H3. The molecule has 0 bridgehead atoms. The molecular weight excluding hydrogens is 566 g/mol. The topological polar surface area (TPSA) is 76.1 Å². The molecule has 0 rings (SSSR count). The van der Waals surface area contributed by atoms with Gasteiger partial charge in [0.15, 0.2) is 12.3 Å². The summed E-state index contributed by atoms with van der Waals surface area (Å²) in [7, 11) is 4.02. The average Bonchev–Trinajstić information content (AvgIpc) is 2.99. The fourth-order valence-electron chi connectivity index (χ4n) is 5.53. The van der Waals surface area contributed by atoms with Gasteiger partial charge in [0, 0.05) is 19.0 Å². The Kier molecular flexibility index (Phi) is 27.5. The fraction of sp³-hybridized carbons (Fsp3) is 0.914. The van der Waals surface area contributed by atoms with Gasteiger partial charge in [0.1, 0.15) is 0 Å². The second kappa shape index (κ2) is 28.7.